The molecule has 0 saturated carbocycles. The van der Waals surface area contributed by atoms with Crippen LogP contribution >= 0.6 is 11.3 Å². The molecule has 18 heavy (non-hydrogen) atoms. The molecule has 0 bridgehead atoms. The van der Waals surface area contributed by atoms with Gasteiger partial charge in [0.1, 0.15) is 0 Å². The average Bonchev–Trinajstić information content (AvgIpc) is 2.79. The van der Waals surface area contributed by atoms with E-state index in [1.807, 2.05) is 0 Å². The van der Waals surface area contributed by atoms with E-state index in [1.54, 1.807) is 11.3 Å². The van der Waals surface area contributed by atoms with Crippen molar-refractivity contribution < 1.29 is 5.11 Å². The Morgan fingerprint density at radius 2 is 2.11 bits per heavy atom. The van der Waals surface area contributed by atoms with Gasteiger partial charge in [-0.2, -0.15) is 0 Å². The largest absolute Gasteiger partial charge is 0.396 e. The van der Waals surface area contributed by atoms with Crippen LogP contribution in [0.5, 0.6) is 0 Å². The molecular weight excluding hydrogens is 242 g/mol. The van der Waals surface area contributed by atoms with Gasteiger partial charge in [-0.3, -0.25) is 0 Å². The maximum Gasteiger partial charge on any atom is 0.0972 e. The number of nitrogens with zero attached hydrogens (tertiary/aromatic N) is 1. The molecule has 0 aliphatic heterocycles. The van der Waals surface area contributed by atoms with Crippen LogP contribution in [0.1, 0.15) is 33.8 Å². The fraction of sp³-hybridized carbons (Fsp3) is 0.400. The van der Waals surface area contributed by atoms with E-state index < -0.39 is 0 Å². The summed E-state index contributed by atoms with van der Waals surface area (Å²) in [5, 5.41) is 12.1. The van der Waals surface area contributed by atoms with Crippen LogP contribution in [-0.4, -0.2) is 16.7 Å². The molecule has 0 spiro atoms. The first-order valence-corrected chi connectivity index (χ1v) is 7.17. The molecule has 0 saturated heterocycles. The van der Waals surface area contributed by atoms with Crippen LogP contribution in [0, 0.1) is 13.8 Å². The van der Waals surface area contributed by atoms with Gasteiger partial charge in [0.2, 0.25) is 0 Å². The van der Waals surface area contributed by atoms with Crippen LogP contribution < -0.4 is 0 Å². The van der Waals surface area contributed by atoms with E-state index in [-0.39, 0.29) is 6.61 Å². The topological polar surface area (TPSA) is 33.1 Å². The summed E-state index contributed by atoms with van der Waals surface area (Å²) in [5.74, 6) is 0. The summed E-state index contributed by atoms with van der Waals surface area (Å²) in [6, 6.07) is 6.56. The predicted octanol–water partition coefficient (Wildman–Crippen LogP) is 3.28. The minimum atomic E-state index is 0.240. The molecule has 2 rings (SSSR count). The first kappa shape index (κ1) is 13.2. The van der Waals surface area contributed by atoms with Gasteiger partial charge in [0.05, 0.1) is 10.7 Å². The number of aromatic nitrogens is 1. The lowest BCUT2D eigenvalue weighted by Gasteiger charge is -2.04. The summed E-state index contributed by atoms with van der Waals surface area (Å²) in [5.41, 5.74) is 5.09. The van der Waals surface area contributed by atoms with E-state index in [4.69, 9.17) is 5.11 Å². The minimum absolute atomic E-state index is 0.240. The third kappa shape index (κ3) is 3.40. The fourth-order valence-corrected chi connectivity index (χ4v) is 2.81. The summed E-state index contributed by atoms with van der Waals surface area (Å²) in [6.07, 6.45) is 2.59. The summed E-state index contributed by atoms with van der Waals surface area (Å²) in [7, 11) is 0. The summed E-state index contributed by atoms with van der Waals surface area (Å²) in [4.78, 5) is 4.62. The number of aliphatic hydroxyl groups excluding tert-OH is 1. The minimum Gasteiger partial charge on any atom is -0.396 e. The molecule has 1 heterocycles. The number of benzene rings is 1. The zero-order valence-corrected chi connectivity index (χ0v) is 11.8. The average molecular weight is 261 g/mol. The molecule has 0 aliphatic carbocycles. The second-order valence-electron chi connectivity index (χ2n) is 4.67. The Morgan fingerprint density at radius 1 is 1.28 bits per heavy atom. The van der Waals surface area contributed by atoms with E-state index in [2.05, 4.69) is 42.4 Å². The van der Waals surface area contributed by atoms with Crippen LogP contribution in [0.2, 0.25) is 0 Å². The fourth-order valence-electron chi connectivity index (χ4n) is 1.96. The van der Waals surface area contributed by atoms with Gasteiger partial charge in [0.25, 0.3) is 0 Å². The van der Waals surface area contributed by atoms with Gasteiger partial charge in [-0.05, 0) is 37.8 Å². The van der Waals surface area contributed by atoms with E-state index in [9.17, 15) is 0 Å². The highest BCUT2D eigenvalue weighted by Crippen LogP contribution is 2.19. The molecule has 0 radical (unpaired) electrons. The van der Waals surface area contributed by atoms with Crippen molar-refractivity contribution in [1.29, 1.82) is 0 Å². The maximum absolute atomic E-state index is 8.81. The molecule has 1 N–H and O–H groups in total. The molecule has 1 aromatic carbocycles. The second-order valence-corrected chi connectivity index (χ2v) is 5.61. The highest BCUT2D eigenvalue weighted by atomic mass is 32.1. The van der Waals surface area contributed by atoms with E-state index in [1.165, 1.54) is 16.7 Å². The third-order valence-corrected chi connectivity index (χ3v) is 3.93. The van der Waals surface area contributed by atoms with Crippen molar-refractivity contribution in [2.24, 2.45) is 0 Å². The van der Waals surface area contributed by atoms with E-state index in [0.717, 1.165) is 30.0 Å². The Bertz CT molecular complexity index is 519. The molecule has 0 aliphatic rings. The number of aryl methyl sites for hydroxylation is 3. The van der Waals surface area contributed by atoms with Crippen molar-refractivity contribution in [3.05, 3.63) is 51.0 Å². The van der Waals surface area contributed by atoms with Crippen LogP contribution in [-0.2, 0) is 12.8 Å². The zero-order chi connectivity index (χ0) is 13.0. The standard InChI is InChI=1S/C15H19NOS/c1-11-5-6-12(2)13(8-11)9-15-16-14(10-18-15)4-3-7-17/h5-6,8,10,17H,3-4,7,9H2,1-2H3. The highest BCUT2D eigenvalue weighted by molar-refractivity contribution is 7.09. The summed E-state index contributed by atoms with van der Waals surface area (Å²) >= 11 is 1.72. The Morgan fingerprint density at radius 3 is 2.89 bits per heavy atom. The van der Waals surface area contributed by atoms with Crippen molar-refractivity contribution in [2.45, 2.75) is 33.1 Å². The number of thiazole rings is 1. The highest BCUT2D eigenvalue weighted by Gasteiger charge is 2.05. The lowest BCUT2D eigenvalue weighted by Crippen LogP contribution is -1.94. The van der Waals surface area contributed by atoms with E-state index >= 15 is 0 Å². The van der Waals surface area contributed by atoms with Crippen molar-refractivity contribution in [2.75, 3.05) is 6.61 Å². The van der Waals surface area contributed by atoms with Crippen molar-refractivity contribution >= 4 is 11.3 Å². The summed E-state index contributed by atoms with van der Waals surface area (Å²) < 4.78 is 0. The Kier molecular flexibility index (Phi) is 4.50. The van der Waals surface area contributed by atoms with Gasteiger partial charge >= 0.3 is 0 Å². The van der Waals surface area contributed by atoms with Crippen molar-refractivity contribution in [3.63, 3.8) is 0 Å². The molecule has 0 unspecified atom stereocenters. The number of aliphatic hydroxyl groups is 1. The molecule has 2 aromatic rings. The van der Waals surface area contributed by atoms with Crippen molar-refractivity contribution in [1.82, 2.24) is 4.98 Å². The van der Waals surface area contributed by atoms with Crippen molar-refractivity contribution in [3.8, 4) is 0 Å². The molecule has 0 amide bonds. The molecule has 1 aromatic heterocycles. The Hall–Kier alpha value is -1.19. The van der Waals surface area contributed by atoms with E-state index in [0.29, 0.717) is 0 Å². The maximum atomic E-state index is 8.81. The van der Waals surface area contributed by atoms with Gasteiger partial charge in [-0.1, -0.05) is 23.8 Å². The molecule has 0 atom stereocenters. The number of rotatable bonds is 5. The number of hydrogen-bond acceptors (Lipinski definition) is 3. The molecule has 2 nitrogen and oxygen atoms in total. The lowest BCUT2D eigenvalue weighted by atomic mass is 10.0. The van der Waals surface area contributed by atoms with Gasteiger partial charge in [0.15, 0.2) is 0 Å². The quantitative estimate of drug-likeness (QED) is 0.896. The van der Waals surface area contributed by atoms with Crippen LogP contribution in [0.15, 0.2) is 23.6 Å². The first-order chi connectivity index (χ1) is 8.69. The molecule has 3 heteroatoms. The van der Waals surface area contributed by atoms with Crippen LogP contribution in [0.4, 0.5) is 0 Å². The van der Waals surface area contributed by atoms with Gasteiger partial charge in [0, 0.05) is 18.4 Å². The molecule has 96 valence electrons. The first-order valence-electron chi connectivity index (χ1n) is 6.29. The third-order valence-electron chi connectivity index (χ3n) is 3.04. The number of hydrogen-bond donors (Lipinski definition) is 1. The summed E-state index contributed by atoms with van der Waals surface area (Å²) in [6.45, 7) is 4.51. The van der Waals surface area contributed by atoms with Gasteiger partial charge in [-0.15, -0.1) is 11.3 Å². The van der Waals surface area contributed by atoms with Crippen LogP contribution in [0.3, 0.4) is 0 Å². The molecular formula is C15H19NOS. The van der Waals surface area contributed by atoms with Crippen LogP contribution in [0.25, 0.3) is 0 Å². The van der Waals surface area contributed by atoms with Gasteiger partial charge < -0.3 is 5.11 Å². The smallest absolute Gasteiger partial charge is 0.0972 e. The monoisotopic (exact) mass is 261 g/mol. The Balaban J connectivity index is 2.08. The zero-order valence-electron chi connectivity index (χ0n) is 10.9. The second kappa shape index (κ2) is 6.12. The Labute approximate surface area is 112 Å². The predicted molar refractivity (Wildman–Crippen MR) is 76.2 cm³/mol. The van der Waals surface area contributed by atoms with Gasteiger partial charge in [-0.25, -0.2) is 4.98 Å². The normalized spacial score (nSPS) is 10.8. The SMILES string of the molecule is Cc1ccc(C)c(Cc2nc(CCCO)cs2)c1. The molecule has 0 fully saturated rings. The lowest BCUT2D eigenvalue weighted by molar-refractivity contribution is 0.288.